The maximum Gasteiger partial charge on any atom is 0.242 e. The number of methoxy groups -OCH3 is 1. The van der Waals surface area contributed by atoms with E-state index in [-0.39, 0.29) is 23.8 Å². The number of carbonyl (C=O) groups is 2. The van der Waals surface area contributed by atoms with Crippen molar-refractivity contribution in [3.63, 3.8) is 0 Å². The van der Waals surface area contributed by atoms with E-state index in [1.807, 2.05) is 76.2 Å². The maximum absolute atomic E-state index is 13.2. The van der Waals surface area contributed by atoms with Crippen molar-refractivity contribution < 1.29 is 14.3 Å². The highest BCUT2D eigenvalue weighted by Crippen LogP contribution is 2.18. The van der Waals surface area contributed by atoms with Gasteiger partial charge in [0, 0.05) is 12.1 Å². The first-order chi connectivity index (χ1) is 13.6. The molecule has 2 rings (SSSR count). The van der Waals surface area contributed by atoms with Gasteiger partial charge in [-0.1, -0.05) is 42.0 Å². The lowest BCUT2D eigenvalue weighted by atomic mass is 10.1. The molecule has 1 N–H and O–H groups in total. The van der Waals surface area contributed by atoms with E-state index in [4.69, 9.17) is 4.74 Å². The summed E-state index contributed by atoms with van der Waals surface area (Å²) in [6, 6.07) is 14.9. The molecule has 0 aliphatic carbocycles. The summed E-state index contributed by atoms with van der Waals surface area (Å²) in [5.74, 6) is 0.466. The number of hydrogen-bond donors (Lipinski definition) is 1. The number of rotatable bonds is 7. The Balaban J connectivity index is 2.27. The molecule has 0 heterocycles. The smallest absolute Gasteiger partial charge is 0.242 e. The molecule has 0 radical (unpaired) electrons. The molecule has 0 aliphatic rings. The second-order valence-corrected chi connectivity index (χ2v) is 8.45. The molecular weight excluding hydrogens is 364 g/mol. The molecule has 0 aromatic heterocycles. The number of amides is 2. The van der Waals surface area contributed by atoms with E-state index in [0.717, 1.165) is 22.4 Å². The van der Waals surface area contributed by atoms with Crippen LogP contribution in [-0.4, -0.2) is 35.4 Å². The van der Waals surface area contributed by atoms with Crippen LogP contribution in [0.5, 0.6) is 5.75 Å². The van der Waals surface area contributed by atoms with Gasteiger partial charge in [-0.15, -0.1) is 0 Å². The summed E-state index contributed by atoms with van der Waals surface area (Å²) < 4.78 is 5.30. The van der Waals surface area contributed by atoms with E-state index in [9.17, 15) is 9.59 Å². The highest BCUT2D eigenvalue weighted by Gasteiger charge is 2.28. The van der Waals surface area contributed by atoms with Crippen LogP contribution >= 0.6 is 0 Å². The maximum atomic E-state index is 13.2. The predicted molar refractivity (Wildman–Crippen MR) is 116 cm³/mol. The van der Waals surface area contributed by atoms with Crippen LogP contribution in [0.3, 0.4) is 0 Å². The van der Waals surface area contributed by atoms with Crippen LogP contribution in [0, 0.1) is 6.92 Å². The van der Waals surface area contributed by atoms with E-state index in [2.05, 4.69) is 5.32 Å². The molecule has 1 unspecified atom stereocenters. The average Bonchev–Trinajstić information content (AvgIpc) is 2.64. The van der Waals surface area contributed by atoms with Gasteiger partial charge in [0.05, 0.1) is 13.5 Å². The molecule has 156 valence electrons. The molecule has 29 heavy (non-hydrogen) atoms. The van der Waals surface area contributed by atoms with Crippen molar-refractivity contribution >= 4 is 11.8 Å². The summed E-state index contributed by atoms with van der Waals surface area (Å²) >= 11 is 0. The third kappa shape index (κ3) is 6.93. The van der Waals surface area contributed by atoms with Crippen molar-refractivity contribution in [2.45, 2.75) is 59.2 Å². The van der Waals surface area contributed by atoms with Gasteiger partial charge in [-0.3, -0.25) is 9.59 Å². The zero-order valence-electron chi connectivity index (χ0n) is 18.3. The zero-order chi connectivity index (χ0) is 21.6. The number of ether oxygens (including phenoxy) is 1. The number of benzene rings is 2. The van der Waals surface area contributed by atoms with Crippen molar-refractivity contribution in [3.8, 4) is 5.75 Å². The number of carbonyl (C=O) groups excluding carboxylic acids is 2. The fraction of sp³-hybridized carbons (Fsp3) is 0.417. The highest BCUT2D eigenvalue weighted by atomic mass is 16.5. The van der Waals surface area contributed by atoms with E-state index < -0.39 is 6.04 Å². The minimum absolute atomic E-state index is 0.0880. The Labute approximate surface area is 174 Å². The van der Waals surface area contributed by atoms with Crippen molar-refractivity contribution in [3.05, 3.63) is 65.2 Å². The van der Waals surface area contributed by atoms with Crippen LogP contribution in [-0.2, 0) is 22.6 Å². The summed E-state index contributed by atoms with van der Waals surface area (Å²) in [5, 5.41) is 2.98. The molecule has 0 spiro atoms. The lowest BCUT2D eigenvalue weighted by Crippen LogP contribution is -2.52. The Morgan fingerprint density at radius 3 is 2.34 bits per heavy atom. The monoisotopic (exact) mass is 396 g/mol. The Hall–Kier alpha value is -2.82. The predicted octanol–water partition coefficient (Wildman–Crippen LogP) is 3.88. The zero-order valence-corrected chi connectivity index (χ0v) is 18.3. The molecule has 2 aromatic rings. The van der Waals surface area contributed by atoms with Crippen molar-refractivity contribution in [2.24, 2.45) is 0 Å². The first-order valence-corrected chi connectivity index (χ1v) is 9.89. The van der Waals surface area contributed by atoms with Crippen molar-refractivity contribution in [1.82, 2.24) is 10.2 Å². The first kappa shape index (κ1) is 22.5. The SMILES string of the molecule is COc1cccc(CN(C(=O)Cc2cccc(C)c2)C(C)C(=O)NC(C)(C)C)c1. The van der Waals surface area contributed by atoms with Gasteiger partial charge in [0.2, 0.25) is 11.8 Å². The van der Waals surface area contributed by atoms with Gasteiger partial charge in [0.1, 0.15) is 11.8 Å². The van der Waals surface area contributed by atoms with Crippen LogP contribution in [0.1, 0.15) is 44.4 Å². The van der Waals surface area contributed by atoms with E-state index in [1.54, 1.807) is 18.9 Å². The quantitative estimate of drug-likeness (QED) is 0.773. The van der Waals surface area contributed by atoms with Gasteiger partial charge in [-0.25, -0.2) is 0 Å². The molecular formula is C24H32N2O3. The summed E-state index contributed by atoms with van der Waals surface area (Å²) in [6.45, 7) is 9.90. The molecule has 0 saturated carbocycles. The number of aryl methyl sites for hydroxylation is 1. The molecule has 0 fully saturated rings. The topological polar surface area (TPSA) is 58.6 Å². The minimum Gasteiger partial charge on any atom is -0.497 e. The van der Waals surface area contributed by atoms with Gasteiger partial charge >= 0.3 is 0 Å². The molecule has 0 bridgehead atoms. The fourth-order valence-electron chi connectivity index (χ4n) is 3.12. The Morgan fingerprint density at radius 1 is 1.07 bits per heavy atom. The van der Waals surface area contributed by atoms with Crippen LogP contribution in [0.25, 0.3) is 0 Å². The third-order valence-corrected chi connectivity index (χ3v) is 4.59. The van der Waals surface area contributed by atoms with E-state index in [0.29, 0.717) is 6.54 Å². The lowest BCUT2D eigenvalue weighted by Gasteiger charge is -2.31. The van der Waals surface area contributed by atoms with Gasteiger partial charge in [-0.2, -0.15) is 0 Å². The molecule has 0 saturated heterocycles. The first-order valence-electron chi connectivity index (χ1n) is 9.89. The number of nitrogens with zero attached hydrogens (tertiary/aromatic N) is 1. The Kier molecular flexibility index (Phi) is 7.43. The fourth-order valence-corrected chi connectivity index (χ4v) is 3.12. The van der Waals surface area contributed by atoms with Crippen LogP contribution in [0.4, 0.5) is 0 Å². The Bertz CT molecular complexity index is 855. The van der Waals surface area contributed by atoms with Crippen molar-refractivity contribution in [2.75, 3.05) is 7.11 Å². The molecule has 0 aliphatic heterocycles. The summed E-state index contributed by atoms with van der Waals surface area (Å²) in [6.07, 6.45) is 0.249. The second kappa shape index (κ2) is 9.59. The standard InChI is InChI=1S/C24H32N2O3/c1-17-9-7-10-19(13-17)15-22(27)26(18(2)23(28)25-24(3,4)5)16-20-11-8-12-21(14-20)29-6/h7-14,18H,15-16H2,1-6H3,(H,25,28). The highest BCUT2D eigenvalue weighted by molar-refractivity contribution is 5.88. The largest absolute Gasteiger partial charge is 0.497 e. The summed E-state index contributed by atoms with van der Waals surface area (Å²) in [4.78, 5) is 27.6. The van der Waals surface area contributed by atoms with Gasteiger partial charge in [0.25, 0.3) is 0 Å². The average molecular weight is 397 g/mol. The van der Waals surface area contributed by atoms with Crippen molar-refractivity contribution in [1.29, 1.82) is 0 Å². The van der Waals surface area contributed by atoms with E-state index >= 15 is 0 Å². The Morgan fingerprint density at radius 2 is 1.72 bits per heavy atom. The third-order valence-electron chi connectivity index (χ3n) is 4.59. The molecule has 2 aromatic carbocycles. The van der Waals surface area contributed by atoms with Gasteiger partial charge in [0.15, 0.2) is 0 Å². The molecule has 1 atom stereocenters. The van der Waals surface area contributed by atoms with Crippen LogP contribution in [0.15, 0.2) is 48.5 Å². The molecule has 5 nitrogen and oxygen atoms in total. The normalized spacial score (nSPS) is 12.2. The second-order valence-electron chi connectivity index (χ2n) is 8.45. The molecule has 5 heteroatoms. The van der Waals surface area contributed by atoms with E-state index in [1.165, 1.54) is 0 Å². The summed E-state index contributed by atoms with van der Waals surface area (Å²) in [7, 11) is 1.61. The number of hydrogen-bond acceptors (Lipinski definition) is 3. The van der Waals surface area contributed by atoms with Crippen LogP contribution < -0.4 is 10.1 Å². The van der Waals surface area contributed by atoms with Crippen LogP contribution in [0.2, 0.25) is 0 Å². The molecule has 2 amide bonds. The van der Waals surface area contributed by atoms with Gasteiger partial charge < -0.3 is 15.0 Å². The number of nitrogens with one attached hydrogen (secondary N) is 1. The summed E-state index contributed by atoms with van der Waals surface area (Å²) in [5.41, 5.74) is 2.59. The minimum atomic E-state index is -0.599. The lowest BCUT2D eigenvalue weighted by molar-refractivity contribution is -0.140. The van der Waals surface area contributed by atoms with Gasteiger partial charge in [-0.05, 0) is 57.9 Å².